The average Bonchev–Trinajstić information content (AvgIpc) is 1.65. The van der Waals surface area contributed by atoms with Crippen LogP contribution in [-0.4, -0.2) is 76.4 Å². The number of carbonyl (C=O) groups excluding carboxylic acids is 3. The van der Waals surface area contributed by atoms with E-state index < -0.39 is 31.7 Å². The fourth-order valence-electron chi connectivity index (χ4n) is 12.5. The summed E-state index contributed by atoms with van der Waals surface area (Å²) in [4.78, 5) is 43.7. The van der Waals surface area contributed by atoms with Gasteiger partial charge in [0.2, 0.25) is 20.0 Å². The number of aromatic hydroxyl groups is 1. The molecule has 19 heteroatoms. The molecule has 4 aromatic heterocycles. The van der Waals surface area contributed by atoms with Crippen LogP contribution in [0.15, 0.2) is 233 Å². The number of benzene rings is 10. The Morgan fingerprint density at radius 3 is 1.49 bits per heavy atom. The molecule has 1 aliphatic rings. The average molecular weight is 1360 g/mol. The summed E-state index contributed by atoms with van der Waals surface area (Å²) in [5.41, 5.74) is 13.2. The second-order valence-electron chi connectivity index (χ2n) is 24.0. The van der Waals surface area contributed by atoms with Crippen LogP contribution in [0.5, 0.6) is 11.5 Å². The Morgan fingerprint density at radius 1 is 0.515 bits per heavy atom. The van der Waals surface area contributed by atoms with Gasteiger partial charge in [0.1, 0.15) is 52.1 Å². The molecule has 0 aliphatic carbocycles. The van der Waals surface area contributed by atoms with E-state index in [1.165, 1.54) is 54.8 Å². The van der Waals surface area contributed by atoms with Gasteiger partial charge >= 0.3 is 0 Å². The third-order valence-corrected chi connectivity index (χ3v) is 20.1. The number of carbonyl (C=O) groups is 3. The Hall–Kier alpha value is -11.7. The Morgan fingerprint density at radius 2 is 0.990 bits per heavy atom. The summed E-state index contributed by atoms with van der Waals surface area (Å²) >= 11 is 0. The number of hydrogen-bond donors (Lipinski definition) is 3. The zero-order valence-electron chi connectivity index (χ0n) is 54.4. The molecular formula is C80H64F2N4O11S2. The fourth-order valence-corrected chi connectivity index (χ4v) is 13.5. The van der Waals surface area contributed by atoms with Crippen molar-refractivity contribution in [3.63, 3.8) is 0 Å². The molecule has 15 nitrogen and oxygen atoms in total. The number of H-pyrrole nitrogens is 2. The standard InChI is InChI=1S/C40H31FN2O5S.C33H27FN2O5S.C7H6O/c1-4-33(44)36-29-21-28(32(43(2)49(3,45)46)22-35(29)48-39(36)24-14-17-26(41)18-15-24)25-16-19-34-30(20-25)38-37(27-12-8-9-13-31(27)42-38)40(47-34)23-10-6-5-7-11-23;1-4-29(37)32-25-17-23(20-11-14-30(38)24(15-20)27-16-21-7-5-6-8-26(21)35-27)28(36(2)42(3,39)40)18-31(25)41-33(32)19-9-12-22(34)13-10-19;8-6-7-4-2-1-3-5-7/h5-22,40,42H,4H2,1-3H3;5-18,35,38H,4H2,1-3H3;1-6H. The Labute approximate surface area is 569 Å². The van der Waals surface area contributed by atoms with Gasteiger partial charge in [0.05, 0.1) is 46.4 Å². The number of hydrogen-bond acceptors (Lipinski definition) is 11. The molecule has 1 aliphatic heterocycles. The molecule has 10 aromatic carbocycles. The van der Waals surface area contributed by atoms with Gasteiger partial charge in [-0.2, -0.15) is 0 Å². The van der Waals surface area contributed by atoms with Crippen LogP contribution in [0, 0.1) is 11.6 Å². The number of aromatic nitrogens is 2. The Balaban J connectivity index is 0.000000161. The minimum absolute atomic E-state index is 0.0492. The van der Waals surface area contributed by atoms with Gasteiger partial charge in [0.25, 0.3) is 0 Å². The summed E-state index contributed by atoms with van der Waals surface area (Å²) in [7, 11) is -4.47. The predicted molar refractivity (Wildman–Crippen MR) is 387 cm³/mol. The van der Waals surface area contributed by atoms with Crippen molar-refractivity contribution in [1.29, 1.82) is 0 Å². The van der Waals surface area contributed by atoms with Crippen molar-refractivity contribution < 1.29 is 58.7 Å². The molecule has 0 spiro atoms. The summed E-state index contributed by atoms with van der Waals surface area (Å²) < 4.78 is 100. The van der Waals surface area contributed by atoms with Crippen LogP contribution in [-0.2, 0) is 20.0 Å². The van der Waals surface area contributed by atoms with Crippen LogP contribution in [0.25, 0.3) is 111 Å². The zero-order chi connectivity index (χ0) is 69.6. The summed E-state index contributed by atoms with van der Waals surface area (Å²) in [5, 5.41) is 13.9. The first kappa shape index (κ1) is 66.0. The maximum atomic E-state index is 13.8. The van der Waals surface area contributed by atoms with E-state index in [0.29, 0.717) is 95.0 Å². The highest BCUT2D eigenvalue weighted by Gasteiger charge is 2.33. The maximum absolute atomic E-state index is 13.8. The van der Waals surface area contributed by atoms with Crippen molar-refractivity contribution in [3.8, 4) is 78.9 Å². The normalized spacial score (nSPS) is 12.6. The lowest BCUT2D eigenvalue weighted by Crippen LogP contribution is -2.25. The van der Waals surface area contributed by atoms with Gasteiger partial charge < -0.3 is 28.6 Å². The summed E-state index contributed by atoms with van der Waals surface area (Å²) in [6.45, 7) is 3.52. The van der Waals surface area contributed by atoms with Crippen molar-refractivity contribution in [2.24, 2.45) is 0 Å². The number of rotatable bonds is 15. The first-order valence-electron chi connectivity index (χ1n) is 31.7. The number of Topliss-reactive ketones (excluding diaryl/α,β-unsaturated/α-hetero) is 2. The number of aromatic amines is 2. The van der Waals surface area contributed by atoms with Crippen molar-refractivity contribution in [2.75, 3.05) is 35.2 Å². The molecule has 496 valence electrons. The van der Waals surface area contributed by atoms with Crippen LogP contribution in [0.2, 0.25) is 0 Å². The van der Waals surface area contributed by atoms with Crippen molar-refractivity contribution in [1.82, 2.24) is 9.97 Å². The number of anilines is 2. The minimum atomic E-state index is -3.71. The van der Waals surface area contributed by atoms with E-state index in [1.54, 1.807) is 74.5 Å². The summed E-state index contributed by atoms with van der Waals surface area (Å²) in [5.74, 6) is 0.164. The van der Waals surface area contributed by atoms with Crippen LogP contribution >= 0.6 is 0 Å². The SMILES string of the molecule is CCC(=O)c1c(-c2ccc(F)cc2)oc2cc(N(C)S(C)(=O)=O)c(-c3ccc(O)c(-c4cc5ccccc5[nH]4)c3)cc12.CCC(=O)c1c(-c2ccc(F)cc2)oc2cc(N(C)S(C)(=O)=O)c(-c3ccc4c(c3)-c3[nH]c5ccccc5c3C(c3ccccc3)O4)cc12.O=Cc1ccccc1. The number of halogens is 2. The molecule has 5 heterocycles. The number of aldehydes is 1. The molecule has 0 fully saturated rings. The number of sulfonamides is 2. The number of furan rings is 2. The number of phenolic OH excluding ortho intramolecular Hbond substituents is 1. The van der Waals surface area contributed by atoms with Gasteiger partial charge in [-0.3, -0.25) is 23.0 Å². The lowest BCUT2D eigenvalue weighted by Gasteiger charge is -2.28. The summed E-state index contributed by atoms with van der Waals surface area (Å²) in [6, 6.07) is 66.0. The molecule has 14 aromatic rings. The Kier molecular flexibility index (Phi) is 17.8. The fraction of sp³-hybridized carbons (Fsp3) is 0.113. The smallest absolute Gasteiger partial charge is 0.232 e. The Bertz CT molecular complexity index is 5680. The largest absolute Gasteiger partial charge is 0.507 e. The zero-order valence-corrected chi connectivity index (χ0v) is 56.1. The maximum Gasteiger partial charge on any atom is 0.232 e. The molecule has 3 N–H and O–H groups in total. The first-order chi connectivity index (χ1) is 47.6. The number of nitrogens with one attached hydrogen (secondary N) is 2. The molecule has 0 saturated heterocycles. The number of nitrogens with zero attached hydrogens (tertiary/aromatic N) is 2. The number of fused-ring (bicyclic) bond motifs is 8. The third-order valence-electron chi connectivity index (χ3n) is 17.7. The first-order valence-corrected chi connectivity index (χ1v) is 35.4. The molecule has 1 unspecified atom stereocenters. The molecule has 0 amide bonds. The van der Waals surface area contributed by atoms with Crippen molar-refractivity contribution in [2.45, 2.75) is 32.8 Å². The number of para-hydroxylation sites is 2. The van der Waals surface area contributed by atoms with E-state index in [0.717, 1.165) is 78.4 Å². The lowest BCUT2D eigenvalue weighted by atomic mass is 9.90. The van der Waals surface area contributed by atoms with E-state index in [9.17, 15) is 45.1 Å². The number of phenols is 1. The van der Waals surface area contributed by atoms with Gasteiger partial charge in [-0.1, -0.05) is 123 Å². The van der Waals surface area contributed by atoms with Gasteiger partial charge in [-0.05, 0) is 120 Å². The van der Waals surface area contributed by atoms with Crippen LogP contribution in [0.4, 0.5) is 20.2 Å². The highest BCUT2D eigenvalue weighted by atomic mass is 32.2. The van der Waals surface area contributed by atoms with Crippen molar-refractivity contribution in [3.05, 3.63) is 264 Å². The second kappa shape index (κ2) is 26.7. The predicted octanol–water partition coefficient (Wildman–Crippen LogP) is 18.8. The minimum Gasteiger partial charge on any atom is -0.507 e. The van der Waals surface area contributed by atoms with Crippen LogP contribution in [0.3, 0.4) is 0 Å². The van der Waals surface area contributed by atoms with E-state index >= 15 is 0 Å². The molecule has 0 saturated carbocycles. The highest BCUT2D eigenvalue weighted by molar-refractivity contribution is 7.92. The van der Waals surface area contributed by atoms with E-state index in [2.05, 4.69) is 28.2 Å². The molecule has 99 heavy (non-hydrogen) atoms. The highest BCUT2D eigenvalue weighted by Crippen LogP contribution is 2.51. The quantitative estimate of drug-likeness (QED) is 0.0648. The van der Waals surface area contributed by atoms with Gasteiger partial charge in [-0.15, -0.1) is 0 Å². The van der Waals surface area contributed by atoms with Gasteiger partial charge in [0, 0.05) is 116 Å². The van der Waals surface area contributed by atoms with E-state index in [1.807, 2.05) is 109 Å². The molecule has 0 bridgehead atoms. The molecule has 1 atom stereocenters. The van der Waals surface area contributed by atoms with Gasteiger partial charge in [-0.25, -0.2) is 25.6 Å². The summed E-state index contributed by atoms with van der Waals surface area (Å²) in [6.07, 6.45) is 3.15. The molecular weight excluding hydrogens is 1300 g/mol. The number of ether oxygens (including phenoxy) is 1. The second-order valence-corrected chi connectivity index (χ2v) is 28.0. The monoisotopic (exact) mass is 1360 g/mol. The van der Waals surface area contributed by atoms with Crippen LogP contribution < -0.4 is 13.3 Å². The van der Waals surface area contributed by atoms with Gasteiger partial charge in [0.15, 0.2) is 17.7 Å². The lowest BCUT2D eigenvalue weighted by molar-refractivity contribution is 0.0981. The van der Waals surface area contributed by atoms with E-state index in [-0.39, 0.29) is 42.0 Å². The van der Waals surface area contributed by atoms with E-state index in [4.69, 9.17) is 13.6 Å². The molecule has 15 rings (SSSR count). The van der Waals surface area contributed by atoms with Crippen molar-refractivity contribution >= 4 is 93.0 Å². The number of ketones is 2. The topological polar surface area (TPSA) is 213 Å². The van der Waals surface area contributed by atoms with Crippen LogP contribution in [0.1, 0.15) is 75.0 Å². The third kappa shape index (κ3) is 12.9. The molecule has 0 radical (unpaired) electrons.